The molecule has 16 atom stereocenters. The number of fused-ring (bicyclic) bond motifs is 4. The standard InChI is InChI=1S/C23H31F2N3O3.C23H32FN3O3.C23H33N3O3.C17H29N3O3.4ClH/c1-4-14(2)22(30)26-20-13-27(10-9-18-8-5-15(3)28(18)23(20)31)21(29)11-16-6-7-17(24)12-19(16)25;1-4-15(2)22(29)25-20-14-26(21(28)13-17-6-8-18(24)9-7-17)12-11-19-10-5-16(3)27(19)23(20)30;1-4-16(2)22(28)24-20-15-25(21(27)14-18-8-6-5-7-9-18)13-12-19-11-10-17(3)26(19)23(20)29;1-5-11(2)16(22)18-15-10-19(13(4)21)9-8-14-7-6-12(3)20(14)17(15)23;;;;/h6-7,12,14-15,18,20H,4-5,8-11,13H2,1-3H3,(H,26,30);6-9,15-16,19-20H,4-5,10-14H2,1-3H3,(H,25,29);5-9,16-17,19-20H,4,10-15H2,1-3H3,(H,24,28);11-12,14-15H,5-10H2,1-4H3,(H,18,22);4*1H/t14-,15-,18-,20+;15-,16-,19-,20+;16-,17-,19-,20+;11-,12-,14-,15+;;;;/m1111..../s1. The highest BCUT2D eigenvalue weighted by Crippen LogP contribution is 2.34. The van der Waals surface area contributed by atoms with Gasteiger partial charge >= 0.3 is 0 Å². The highest BCUT2D eigenvalue weighted by Gasteiger charge is 2.46. The van der Waals surface area contributed by atoms with Crippen molar-refractivity contribution in [2.45, 2.75) is 285 Å². The maximum atomic E-state index is 14.1. The Hall–Kier alpha value is -7.75. The summed E-state index contributed by atoms with van der Waals surface area (Å²) in [6.07, 6.45) is 13.5. The predicted octanol–water partition coefficient (Wildman–Crippen LogP) is 10.4. The molecule has 117 heavy (non-hydrogen) atoms. The maximum absolute atomic E-state index is 14.1. The minimum atomic E-state index is -0.841. The van der Waals surface area contributed by atoms with Crippen molar-refractivity contribution in [3.63, 3.8) is 0 Å². The molecule has 0 unspecified atom stereocenters. The molecule has 654 valence electrons. The first-order valence-corrected chi connectivity index (χ1v) is 41.6. The summed E-state index contributed by atoms with van der Waals surface area (Å²) in [6, 6.07) is 16.9. The normalized spacial score (nSPS) is 25.3. The summed E-state index contributed by atoms with van der Waals surface area (Å²) in [7, 11) is 0. The van der Waals surface area contributed by atoms with Crippen LogP contribution in [0, 0.1) is 41.1 Å². The van der Waals surface area contributed by atoms with Gasteiger partial charge in [0.15, 0.2) is 0 Å². The summed E-state index contributed by atoms with van der Waals surface area (Å²) in [5.74, 6) is -4.01. The van der Waals surface area contributed by atoms with E-state index < -0.39 is 35.8 Å². The van der Waals surface area contributed by atoms with E-state index in [-0.39, 0.29) is 243 Å². The first-order valence-electron chi connectivity index (χ1n) is 41.6. The number of halogens is 7. The molecule has 8 saturated heterocycles. The van der Waals surface area contributed by atoms with E-state index in [9.17, 15) is 70.7 Å². The largest absolute Gasteiger partial charge is 0.342 e. The van der Waals surface area contributed by atoms with Crippen LogP contribution >= 0.6 is 49.6 Å². The van der Waals surface area contributed by atoms with E-state index in [0.717, 1.165) is 100 Å². The molecule has 8 heterocycles. The number of nitrogens with zero attached hydrogens (tertiary/aromatic N) is 8. The van der Waals surface area contributed by atoms with Gasteiger partial charge in [0.1, 0.15) is 41.6 Å². The Morgan fingerprint density at radius 3 is 0.932 bits per heavy atom. The van der Waals surface area contributed by atoms with E-state index >= 15 is 0 Å². The molecule has 0 aliphatic carbocycles. The molecule has 31 heteroatoms. The fourth-order valence-electron chi connectivity index (χ4n) is 16.6. The lowest BCUT2D eigenvalue weighted by Crippen LogP contribution is -2.59. The Morgan fingerprint density at radius 1 is 0.368 bits per heavy atom. The van der Waals surface area contributed by atoms with E-state index in [0.29, 0.717) is 58.3 Å². The van der Waals surface area contributed by atoms with E-state index in [1.54, 1.807) is 33.8 Å². The van der Waals surface area contributed by atoms with Gasteiger partial charge in [-0.3, -0.25) is 57.5 Å². The van der Waals surface area contributed by atoms with Crippen LogP contribution in [0.25, 0.3) is 0 Å². The number of carbonyl (C=O) groups excluding carboxylic acids is 12. The van der Waals surface area contributed by atoms with Crippen molar-refractivity contribution in [1.82, 2.24) is 60.5 Å². The van der Waals surface area contributed by atoms with Crippen LogP contribution in [0.5, 0.6) is 0 Å². The number of carbonyl (C=O) groups is 12. The van der Waals surface area contributed by atoms with Crippen LogP contribution in [0.15, 0.2) is 72.8 Å². The highest BCUT2D eigenvalue weighted by atomic mass is 35.5. The second-order valence-electron chi connectivity index (χ2n) is 32.8. The molecule has 8 aliphatic heterocycles. The van der Waals surface area contributed by atoms with Gasteiger partial charge in [0, 0.05) is 137 Å². The van der Waals surface area contributed by atoms with Gasteiger partial charge in [-0.05, 0) is 165 Å². The first-order chi connectivity index (χ1) is 53.7. The second-order valence-corrected chi connectivity index (χ2v) is 32.8. The number of hydrogen-bond donors (Lipinski definition) is 4. The van der Waals surface area contributed by atoms with Gasteiger partial charge in [0.05, 0.1) is 19.3 Å². The zero-order chi connectivity index (χ0) is 82.7. The summed E-state index contributed by atoms with van der Waals surface area (Å²) in [5.41, 5.74) is 1.80. The van der Waals surface area contributed by atoms with Crippen molar-refractivity contribution >= 4 is 121 Å². The quantitative estimate of drug-likeness (QED) is 0.0925. The average Bonchev–Trinajstić information content (AvgIpc) is 1.72. The fourth-order valence-corrected chi connectivity index (χ4v) is 16.6. The number of amides is 12. The van der Waals surface area contributed by atoms with Gasteiger partial charge in [-0.2, -0.15) is 0 Å². The molecule has 8 fully saturated rings. The third-order valence-corrected chi connectivity index (χ3v) is 24.7. The molecule has 3 aromatic rings. The molecular weight excluding hydrogens is 1590 g/mol. The average molecular weight is 1720 g/mol. The molecule has 3 aromatic carbocycles. The fraction of sp³-hybridized carbons (Fsp3) is 0.651. The molecule has 11 rings (SSSR count). The molecular formula is C86H129Cl4F3N12O12. The molecule has 0 aromatic heterocycles. The van der Waals surface area contributed by atoms with Crippen LogP contribution in [0.4, 0.5) is 13.2 Å². The summed E-state index contributed by atoms with van der Waals surface area (Å²) < 4.78 is 40.4. The molecule has 0 saturated carbocycles. The minimum Gasteiger partial charge on any atom is -0.342 e. The van der Waals surface area contributed by atoms with E-state index in [2.05, 4.69) is 35.1 Å². The molecule has 4 N–H and O–H groups in total. The summed E-state index contributed by atoms with van der Waals surface area (Å²) in [5, 5.41) is 11.6. The third kappa shape index (κ3) is 27.4. The number of hydrogen-bond acceptors (Lipinski definition) is 12. The van der Waals surface area contributed by atoms with Crippen LogP contribution in [0.1, 0.15) is 209 Å². The third-order valence-electron chi connectivity index (χ3n) is 24.7. The Bertz CT molecular complexity index is 3820. The van der Waals surface area contributed by atoms with Gasteiger partial charge in [0.2, 0.25) is 70.9 Å². The van der Waals surface area contributed by atoms with E-state index in [1.807, 2.05) is 112 Å². The van der Waals surface area contributed by atoms with Crippen LogP contribution in [-0.2, 0) is 76.8 Å². The van der Waals surface area contributed by atoms with Crippen LogP contribution in [0.3, 0.4) is 0 Å². The Kier molecular flexibility index (Phi) is 41.6. The minimum absolute atomic E-state index is 0. The molecule has 24 nitrogen and oxygen atoms in total. The lowest BCUT2D eigenvalue weighted by Gasteiger charge is -2.38. The predicted molar refractivity (Wildman–Crippen MR) is 453 cm³/mol. The summed E-state index contributed by atoms with van der Waals surface area (Å²) in [4.78, 5) is 168. The molecule has 0 bridgehead atoms. The smallest absolute Gasteiger partial charge is 0.247 e. The highest BCUT2D eigenvalue weighted by molar-refractivity contribution is 5.94. The maximum Gasteiger partial charge on any atom is 0.247 e. The van der Waals surface area contributed by atoms with Crippen molar-refractivity contribution < 1.29 is 70.7 Å². The van der Waals surface area contributed by atoms with Gasteiger partial charge in [0.25, 0.3) is 0 Å². The van der Waals surface area contributed by atoms with E-state index in [1.165, 1.54) is 30.0 Å². The topological polar surface area (TPSA) is 279 Å². The molecule has 0 radical (unpaired) electrons. The van der Waals surface area contributed by atoms with Gasteiger partial charge in [-0.1, -0.05) is 104 Å². The summed E-state index contributed by atoms with van der Waals surface area (Å²) in [6.45, 7) is 27.7. The molecule has 0 spiro atoms. The lowest BCUT2D eigenvalue weighted by molar-refractivity contribution is -0.144. The van der Waals surface area contributed by atoms with Gasteiger partial charge < -0.3 is 60.5 Å². The van der Waals surface area contributed by atoms with Gasteiger partial charge in [-0.25, -0.2) is 13.2 Å². The number of rotatable bonds is 18. The van der Waals surface area contributed by atoms with Crippen molar-refractivity contribution in [3.05, 3.63) is 107 Å². The van der Waals surface area contributed by atoms with Crippen molar-refractivity contribution in [2.75, 3.05) is 52.4 Å². The van der Waals surface area contributed by atoms with Crippen LogP contribution in [-0.4, -0.2) is 235 Å². The van der Waals surface area contributed by atoms with Crippen LogP contribution < -0.4 is 21.3 Å². The van der Waals surface area contributed by atoms with Gasteiger partial charge in [-0.15, -0.1) is 49.6 Å². The van der Waals surface area contributed by atoms with Crippen molar-refractivity contribution in [2.24, 2.45) is 23.7 Å². The Morgan fingerprint density at radius 2 is 0.641 bits per heavy atom. The van der Waals surface area contributed by atoms with Crippen molar-refractivity contribution in [3.8, 4) is 0 Å². The Balaban J connectivity index is 0.000000326. The van der Waals surface area contributed by atoms with E-state index in [4.69, 9.17) is 0 Å². The summed E-state index contributed by atoms with van der Waals surface area (Å²) >= 11 is 0. The monoisotopic (exact) mass is 1720 g/mol. The first kappa shape index (κ1) is 102. The molecule has 12 amide bonds. The van der Waals surface area contributed by atoms with Crippen molar-refractivity contribution in [1.29, 1.82) is 0 Å². The number of benzene rings is 3. The zero-order valence-electron chi connectivity index (χ0n) is 70.5. The second kappa shape index (κ2) is 47.9. The van der Waals surface area contributed by atoms with Crippen LogP contribution in [0.2, 0.25) is 0 Å². The Labute approximate surface area is 715 Å². The zero-order valence-corrected chi connectivity index (χ0v) is 73.8. The number of nitrogens with one attached hydrogen (secondary N) is 4. The lowest BCUT2D eigenvalue weighted by atomic mass is 10.0. The SMILES string of the molecule is CC[C@@H](C)C(=O)N[C@H]1CN(C(=O)Cc2ccc(F)cc2)CC[C@H]2CC[C@@H](C)N2C1=O.CC[C@@H](C)C(=O)N[C@H]1CN(C(=O)Cc2ccc(F)cc2F)CC[C@H]2CC[C@@H](C)N2C1=O.CC[C@@H](C)C(=O)N[C@H]1CN(C(=O)Cc2ccccc2)CC[C@H]2CC[C@@H](C)N2C1=O.CC[C@@H](C)C(=O)N[C@H]1CN(C(C)=O)CC[C@H]2CC[C@@H](C)N2C1=O.Cl.Cl.Cl.Cl. The molecule has 8 aliphatic rings.